The summed E-state index contributed by atoms with van der Waals surface area (Å²) in [5.41, 5.74) is 2.59. The molecule has 1 N–H and O–H groups in total. The van der Waals surface area contributed by atoms with Gasteiger partial charge in [-0.15, -0.1) is 5.10 Å². The zero-order valence-electron chi connectivity index (χ0n) is 18.5. The van der Waals surface area contributed by atoms with Crippen LogP contribution in [0.3, 0.4) is 0 Å². The second-order valence-electron chi connectivity index (χ2n) is 8.10. The Kier molecular flexibility index (Phi) is 7.37. The Morgan fingerprint density at radius 3 is 2.31 bits per heavy atom. The first-order chi connectivity index (χ1) is 17.0. The molecular weight excluding hydrogens is 528 g/mol. The number of halogens is 4. The summed E-state index contributed by atoms with van der Waals surface area (Å²) < 4.78 is 6.07. The van der Waals surface area contributed by atoms with Crippen LogP contribution in [0, 0.1) is 0 Å². The largest absolute Gasteiger partial charge is 0.406 e. The zero-order valence-corrected chi connectivity index (χ0v) is 21.5. The lowest BCUT2D eigenvalue weighted by Gasteiger charge is -2.39. The Bertz CT molecular complexity index is 1320. The molecule has 1 fully saturated rings. The summed E-state index contributed by atoms with van der Waals surface area (Å²) in [6.07, 6.45) is 0. The smallest absolute Gasteiger partial charge is 0.320 e. The van der Waals surface area contributed by atoms with Gasteiger partial charge in [0.15, 0.2) is 0 Å². The molecule has 3 aromatic carbocycles. The summed E-state index contributed by atoms with van der Waals surface area (Å²) in [6, 6.07) is 20.7. The summed E-state index contributed by atoms with van der Waals surface area (Å²) in [4.78, 5) is 4.52. The van der Waals surface area contributed by atoms with E-state index in [-0.39, 0.29) is 12.1 Å². The quantitative estimate of drug-likeness (QED) is 0.272. The van der Waals surface area contributed by atoms with E-state index in [9.17, 15) is 0 Å². The third kappa shape index (κ3) is 5.37. The van der Waals surface area contributed by atoms with Crippen molar-refractivity contribution in [3.8, 4) is 0 Å². The lowest BCUT2D eigenvalue weighted by molar-refractivity contribution is 0.188. The van der Waals surface area contributed by atoms with Gasteiger partial charge in [-0.1, -0.05) is 81.8 Å². The second kappa shape index (κ2) is 10.6. The molecule has 1 saturated heterocycles. The average Bonchev–Trinajstić information content (AvgIpc) is 3.30. The highest BCUT2D eigenvalue weighted by atomic mass is 35.5. The Labute approximate surface area is 223 Å². The normalized spacial score (nSPS) is 15.3. The van der Waals surface area contributed by atoms with Crippen LogP contribution in [0.4, 0.5) is 17.4 Å². The van der Waals surface area contributed by atoms with Crippen molar-refractivity contribution in [3.05, 3.63) is 98.3 Å². The first-order valence-corrected chi connectivity index (χ1v) is 12.5. The van der Waals surface area contributed by atoms with Gasteiger partial charge in [0.25, 0.3) is 0 Å². The second-order valence-corrected chi connectivity index (χ2v) is 9.73. The minimum Gasteiger partial charge on any atom is -0.406 e. The summed E-state index contributed by atoms with van der Waals surface area (Å²) >= 11 is 25.4. The van der Waals surface area contributed by atoms with Crippen LogP contribution in [0.15, 0.2) is 71.1 Å². The van der Waals surface area contributed by atoms with E-state index in [1.165, 1.54) is 0 Å². The molecule has 1 aliphatic heterocycles. The van der Waals surface area contributed by atoms with E-state index in [1.807, 2.05) is 48.5 Å². The van der Waals surface area contributed by atoms with Crippen molar-refractivity contribution in [2.45, 2.75) is 6.04 Å². The van der Waals surface area contributed by atoms with E-state index in [1.54, 1.807) is 18.2 Å². The topological polar surface area (TPSA) is 57.4 Å². The molecule has 1 atom stereocenters. The number of benzene rings is 3. The fraction of sp³-hybridized carbons (Fsp3) is 0.200. The average molecular weight is 549 g/mol. The molecule has 4 aromatic rings. The minimum atomic E-state index is -0.303. The van der Waals surface area contributed by atoms with Gasteiger partial charge in [-0.3, -0.25) is 4.90 Å². The molecule has 10 heteroatoms. The highest BCUT2D eigenvalue weighted by Crippen LogP contribution is 2.37. The Hall–Kier alpha value is -2.48. The number of nitrogens with zero attached hydrogens (tertiary/aromatic N) is 4. The van der Waals surface area contributed by atoms with Crippen molar-refractivity contribution in [3.63, 3.8) is 0 Å². The predicted molar refractivity (Wildman–Crippen MR) is 143 cm³/mol. The zero-order chi connectivity index (χ0) is 24.4. The number of hydrogen-bond donors (Lipinski definition) is 1. The number of aromatic nitrogens is 2. The van der Waals surface area contributed by atoms with E-state index >= 15 is 0 Å². The van der Waals surface area contributed by atoms with Crippen LogP contribution in [0.5, 0.6) is 0 Å². The van der Waals surface area contributed by atoms with Crippen molar-refractivity contribution < 1.29 is 4.42 Å². The third-order valence-corrected chi connectivity index (χ3v) is 7.29. The molecule has 0 bridgehead atoms. The first kappa shape index (κ1) is 24.2. The maximum atomic E-state index is 6.62. The molecule has 35 heavy (non-hydrogen) atoms. The lowest BCUT2D eigenvalue weighted by Crippen LogP contribution is -2.48. The van der Waals surface area contributed by atoms with Gasteiger partial charge in [0.2, 0.25) is 5.89 Å². The molecule has 0 amide bonds. The molecule has 1 unspecified atom stereocenters. The summed E-state index contributed by atoms with van der Waals surface area (Å²) in [7, 11) is 0. The summed E-state index contributed by atoms with van der Waals surface area (Å²) in [6.45, 7) is 2.97. The van der Waals surface area contributed by atoms with E-state index in [0.29, 0.717) is 26.0 Å². The van der Waals surface area contributed by atoms with Gasteiger partial charge < -0.3 is 14.6 Å². The van der Waals surface area contributed by atoms with Crippen LogP contribution in [0.1, 0.15) is 17.5 Å². The van der Waals surface area contributed by atoms with E-state index < -0.39 is 0 Å². The van der Waals surface area contributed by atoms with Crippen molar-refractivity contribution >= 4 is 63.8 Å². The molecule has 0 aliphatic carbocycles. The number of piperazine rings is 1. The van der Waals surface area contributed by atoms with E-state index in [4.69, 9.17) is 50.8 Å². The Morgan fingerprint density at radius 1 is 0.800 bits per heavy atom. The van der Waals surface area contributed by atoms with Crippen molar-refractivity contribution in [1.29, 1.82) is 0 Å². The Balaban J connectivity index is 1.40. The molecule has 180 valence electrons. The van der Waals surface area contributed by atoms with Crippen LogP contribution >= 0.6 is 46.4 Å². The predicted octanol–water partition coefficient (Wildman–Crippen LogP) is 7.34. The monoisotopic (exact) mass is 547 g/mol. The molecule has 2 heterocycles. The van der Waals surface area contributed by atoms with Crippen molar-refractivity contribution in [1.82, 2.24) is 15.1 Å². The number of rotatable bonds is 6. The van der Waals surface area contributed by atoms with E-state index in [0.717, 1.165) is 43.1 Å². The third-order valence-electron chi connectivity index (χ3n) is 5.90. The SMILES string of the molecule is Clc1cccc(Nc2nnc(C(c3ccccc3Cl)N3CCN(c4cccc(Cl)c4Cl)CC3)o2)c1. The lowest BCUT2D eigenvalue weighted by atomic mass is 10.0. The van der Waals surface area contributed by atoms with E-state index in [2.05, 4.69) is 25.3 Å². The van der Waals surface area contributed by atoms with Crippen LogP contribution in [-0.4, -0.2) is 41.3 Å². The molecule has 5 rings (SSSR count). The maximum Gasteiger partial charge on any atom is 0.320 e. The van der Waals surface area contributed by atoms with Crippen molar-refractivity contribution in [2.24, 2.45) is 0 Å². The summed E-state index contributed by atoms with van der Waals surface area (Å²) in [5, 5.41) is 14.1. The number of anilines is 3. The van der Waals surface area contributed by atoms with Gasteiger partial charge in [-0.05, 0) is 42.0 Å². The van der Waals surface area contributed by atoms with Crippen molar-refractivity contribution in [2.75, 3.05) is 36.4 Å². The molecule has 0 radical (unpaired) electrons. The fourth-order valence-corrected chi connectivity index (χ4v) is 5.07. The molecule has 1 aliphatic rings. The minimum absolute atomic E-state index is 0.281. The van der Waals surface area contributed by atoms with Crippen LogP contribution < -0.4 is 10.2 Å². The highest BCUT2D eigenvalue weighted by Gasteiger charge is 2.32. The maximum absolute atomic E-state index is 6.62. The van der Waals surface area contributed by atoms with Gasteiger partial charge >= 0.3 is 6.01 Å². The number of nitrogens with one attached hydrogen (secondary N) is 1. The molecule has 0 spiro atoms. The summed E-state index contributed by atoms with van der Waals surface area (Å²) in [5.74, 6) is 0.455. The van der Waals surface area contributed by atoms with Crippen LogP contribution in [0.2, 0.25) is 20.1 Å². The molecule has 0 saturated carbocycles. The Morgan fingerprint density at radius 2 is 1.54 bits per heavy atom. The molecule has 6 nitrogen and oxygen atoms in total. The van der Waals surface area contributed by atoms with Gasteiger partial charge in [-0.25, -0.2) is 0 Å². The van der Waals surface area contributed by atoms with Gasteiger partial charge in [0.1, 0.15) is 6.04 Å². The van der Waals surface area contributed by atoms with Gasteiger partial charge in [0.05, 0.1) is 15.7 Å². The van der Waals surface area contributed by atoms with Crippen LogP contribution in [-0.2, 0) is 0 Å². The fourth-order valence-electron chi connectivity index (χ4n) is 4.23. The highest BCUT2D eigenvalue weighted by molar-refractivity contribution is 6.43. The standard InChI is InChI=1S/C25H21Cl4N5O/c26-16-5-3-6-17(15-16)30-25-32-31-24(35-25)23(18-7-1-2-8-19(18)27)34-13-11-33(12-14-34)21-10-4-9-20(28)22(21)29/h1-10,15,23H,11-14H2,(H,30,32). The number of hydrogen-bond acceptors (Lipinski definition) is 6. The first-order valence-electron chi connectivity index (χ1n) is 11.0. The van der Waals surface area contributed by atoms with Gasteiger partial charge in [0, 0.05) is 41.9 Å². The molecule has 1 aromatic heterocycles. The molecular formula is C25H21Cl4N5O. The van der Waals surface area contributed by atoms with Crippen LogP contribution in [0.25, 0.3) is 0 Å². The van der Waals surface area contributed by atoms with Gasteiger partial charge in [-0.2, -0.15) is 0 Å².